The van der Waals surface area contributed by atoms with Gasteiger partial charge < -0.3 is 4.57 Å². The zero-order valence-corrected chi connectivity index (χ0v) is 10.9. The van der Waals surface area contributed by atoms with Gasteiger partial charge in [-0.05, 0) is 50.1 Å². The first-order chi connectivity index (χ1) is 6.15. The van der Waals surface area contributed by atoms with E-state index in [2.05, 4.69) is 44.5 Å². The average molecular weight is 327 g/mol. The molecule has 5 heteroatoms. The minimum atomic E-state index is 0.00461. The quantitative estimate of drug-likeness (QED) is 0.848. The van der Waals surface area contributed by atoms with Crippen molar-refractivity contribution >= 4 is 44.5 Å². The van der Waals surface area contributed by atoms with Gasteiger partial charge in [0.25, 0.3) is 5.56 Å². The Morgan fingerprint density at radius 3 is 2.77 bits per heavy atom. The van der Waals surface area contributed by atoms with Crippen LogP contribution in [0.2, 0.25) is 0 Å². The van der Waals surface area contributed by atoms with E-state index in [0.717, 1.165) is 16.6 Å². The first kappa shape index (κ1) is 11.3. The van der Waals surface area contributed by atoms with E-state index in [9.17, 15) is 4.79 Å². The lowest BCUT2D eigenvalue weighted by Gasteiger charge is -2.05. The Hall–Kier alpha value is 0.260. The summed E-state index contributed by atoms with van der Waals surface area (Å²) in [7, 11) is 0. The van der Waals surface area contributed by atoms with Gasteiger partial charge in [-0.1, -0.05) is 0 Å². The molecule has 2 nitrogen and oxygen atoms in total. The minimum absolute atomic E-state index is 0.00461. The number of thiol groups is 1. The van der Waals surface area contributed by atoms with Crippen LogP contribution in [0, 0.1) is 0 Å². The minimum Gasteiger partial charge on any atom is -0.313 e. The summed E-state index contributed by atoms with van der Waals surface area (Å²) in [5, 5.41) is 0. The monoisotopic (exact) mass is 325 g/mol. The van der Waals surface area contributed by atoms with Crippen LogP contribution in [-0.4, -0.2) is 10.3 Å². The van der Waals surface area contributed by atoms with Crippen molar-refractivity contribution in [2.45, 2.75) is 13.0 Å². The Morgan fingerprint density at radius 1 is 1.46 bits per heavy atom. The van der Waals surface area contributed by atoms with Crippen LogP contribution in [0.25, 0.3) is 0 Å². The predicted octanol–water partition coefficient (Wildman–Crippen LogP) is 2.69. The van der Waals surface area contributed by atoms with Crippen LogP contribution < -0.4 is 5.56 Å². The summed E-state index contributed by atoms with van der Waals surface area (Å²) < 4.78 is 3.16. The SMILES string of the molecule is O=c1c(Br)cc(Br)cn1CCCS. The Labute approximate surface area is 99.0 Å². The smallest absolute Gasteiger partial charge is 0.264 e. The van der Waals surface area contributed by atoms with E-state index in [1.807, 2.05) is 0 Å². The second-order valence-corrected chi connectivity index (χ2v) is 4.80. The molecule has 0 unspecified atom stereocenters. The fourth-order valence-electron chi connectivity index (χ4n) is 0.972. The summed E-state index contributed by atoms with van der Waals surface area (Å²) in [6.07, 6.45) is 2.68. The zero-order valence-electron chi connectivity index (χ0n) is 6.83. The van der Waals surface area contributed by atoms with E-state index in [1.165, 1.54) is 0 Å². The summed E-state index contributed by atoms with van der Waals surface area (Å²) in [5.74, 6) is 0.788. The maximum Gasteiger partial charge on any atom is 0.264 e. The lowest BCUT2D eigenvalue weighted by molar-refractivity contribution is 0.654. The van der Waals surface area contributed by atoms with E-state index in [0.29, 0.717) is 11.0 Å². The van der Waals surface area contributed by atoms with E-state index in [4.69, 9.17) is 0 Å². The van der Waals surface area contributed by atoms with Gasteiger partial charge in [-0.3, -0.25) is 4.79 Å². The Kier molecular flexibility index (Phi) is 4.55. The third-order valence-corrected chi connectivity index (χ3v) is 2.88. The van der Waals surface area contributed by atoms with Crippen molar-refractivity contribution in [2.75, 3.05) is 5.75 Å². The molecule has 0 aliphatic rings. The van der Waals surface area contributed by atoms with Gasteiger partial charge in [-0.15, -0.1) is 0 Å². The fourth-order valence-corrected chi connectivity index (χ4v) is 2.37. The van der Waals surface area contributed by atoms with Gasteiger partial charge in [-0.25, -0.2) is 0 Å². The molecule has 0 N–H and O–H groups in total. The number of rotatable bonds is 3. The first-order valence-corrected chi connectivity index (χ1v) is 6.03. The Balaban J connectivity index is 2.99. The van der Waals surface area contributed by atoms with Crippen molar-refractivity contribution in [1.82, 2.24) is 4.57 Å². The number of hydrogen-bond donors (Lipinski definition) is 1. The molecule has 0 saturated carbocycles. The molecule has 1 aromatic rings. The van der Waals surface area contributed by atoms with Crippen molar-refractivity contribution in [3.05, 3.63) is 31.6 Å². The molecule has 1 heterocycles. The van der Waals surface area contributed by atoms with E-state index < -0.39 is 0 Å². The van der Waals surface area contributed by atoms with Crippen LogP contribution in [-0.2, 0) is 6.54 Å². The molecule has 0 radical (unpaired) electrons. The molecule has 1 rings (SSSR count). The highest BCUT2D eigenvalue weighted by Gasteiger charge is 2.01. The molecular weight excluding hydrogens is 318 g/mol. The highest BCUT2D eigenvalue weighted by molar-refractivity contribution is 9.11. The van der Waals surface area contributed by atoms with Crippen LogP contribution >= 0.6 is 44.5 Å². The zero-order chi connectivity index (χ0) is 9.84. The fraction of sp³-hybridized carbons (Fsp3) is 0.375. The molecule has 0 aliphatic heterocycles. The molecule has 13 heavy (non-hydrogen) atoms. The van der Waals surface area contributed by atoms with Crippen LogP contribution in [0.4, 0.5) is 0 Å². The van der Waals surface area contributed by atoms with Crippen molar-refractivity contribution in [3.63, 3.8) is 0 Å². The van der Waals surface area contributed by atoms with Gasteiger partial charge in [0.15, 0.2) is 0 Å². The highest BCUT2D eigenvalue weighted by atomic mass is 79.9. The van der Waals surface area contributed by atoms with E-state index in [-0.39, 0.29) is 5.56 Å². The highest BCUT2D eigenvalue weighted by Crippen LogP contribution is 2.12. The van der Waals surface area contributed by atoms with Gasteiger partial charge in [0.05, 0.1) is 4.47 Å². The van der Waals surface area contributed by atoms with E-state index >= 15 is 0 Å². The molecular formula is C8H9Br2NOS. The second kappa shape index (κ2) is 5.22. The number of hydrogen-bond acceptors (Lipinski definition) is 2. The second-order valence-electron chi connectivity index (χ2n) is 2.58. The summed E-state index contributed by atoms with van der Waals surface area (Å²) in [5.41, 5.74) is 0.00461. The van der Waals surface area contributed by atoms with Crippen molar-refractivity contribution in [1.29, 1.82) is 0 Å². The molecule has 0 atom stereocenters. The van der Waals surface area contributed by atoms with Crippen LogP contribution in [0.15, 0.2) is 26.0 Å². The summed E-state index contributed by atoms with van der Waals surface area (Å²) in [4.78, 5) is 11.5. The number of nitrogens with zero attached hydrogens (tertiary/aromatic N) is 1. The molecule has 72 valence electrons. The summed E-state index contributed by atoms with van der Waals surface area (Å²) in [6.45, 7) is 0.709. The lowest BCUT2D eigenvalue weighted by Crippen LogP contribution is -2.20. The summed E-state index contributed by atoms with van der Waals surface area (Å²) >= 11 is 10.6. The molecule has 0 aromatic carbocycles. The standard InChI is InChI=1S/C8H9Br2NOS/c9-6-4-7(10)8(12)11(5-6)2-1-3-13/h4-5,13H,1-3H2. The number of aryl methyl sites for hydroxylation is 1. The number of pyridine rings is 1. The first-order valence-electron chi connectivity index (χ1n) is 3.81. The summed E-state index contributed by atoms with van der Waals surface area (Å²) in [6, 6.07) is 1.75. The largest absolute Gasteiger partial charge is 0.313 e. The number of aromatic nitrogens is 1. The van der Waals surface area contributed by atoms with Gasteiger partial charge >= 0.3 is 0 Å². The Bertz CT molecular complexity index is 350. The molecule has 0 aliphatic carbocycles. The maximum atomic E-state index is 11.5. The van der Waals surface area contributed by atoms with Crippen LogP contribution in [0.3, 0.4) is 0 Å². The number of halogens is 2. The van der Waals surface area contributed by atoms with Gasteiger partial charge in [0, 0.05) is 17.2 Å². The molecule has 0 fully saturated rings. The Morgan fingerprint density at radius 2 is 2.15 bits per heavy atom. The normalized spacial score (nSPS) is 10.4. The van der Waals surface area contributed by atoms with Crippen molar-refractivity contribution < 1.29 is 0 Å². The lowest BCUT2D eigenvalue weighted by atomic mass is 10.4. The molecule has 1 aromatic heterocycles. The third kappa shape index (κ3) is 3.14. The average Bonchev–Trinajstić information content (AvgIpc) is 2.09. The van der Waals surface area contributed by atoms with E-state index in [1.54, 1.807) is 16.8 Å². The van der Waals surface area contributed by atoms with Crippen LogP contribution in [0.5, 0.6) is 0 Å². The molecule has 0 spiro atoms. The molecule has 0 bridgehead atoms. The van der Waals surface area contributed by atoms with Crippen molar-refractivity contribution in [2.24, 2.45) is 0 Å². The van der Waals surface area contributed by atoms with Gasteiger partial charge in [0.2, 0.25) is 0 Å². The molecule has 0 amide bonds. The van der Waals surface area contributed by atoms with Gasteiger partial charge in [-0.2, -0.15) is 12.6 Å². The predicted molar refractivity (Wildman–Crippen MR) is 64.6 cm³/mol. The topological polar surface area (TPSA) is 22.0 Å². The molecule has 0 saturated heterocycles. The van der Waals surface area contributed by atoms with Gasteiger partial charge in [0.1, 0.15) is 0 Å². The third-order valence-electron chi connectivity index (χ3n) is 1.57. The van der Waals surface area contributed by atoms with Crippen LogP contribution in [0.1, 0.15) is 6.42 Å². The van der Waals surface area contributed by atoms with Crippen molar-refractivity contribution in [3.8, 4) is 0 Å². The maximum absolute atomic E-state index is 11.5.